The van der Waals surface area contributed by atoms with Gasteiger partial charge in [-0.25, -0.2) is 0 Å². The van der Waals surface area contributed by atoms with Crippen LogP contribution in [0.4, 0.5) is 0 Å². The maximum absolute atomic E-state index is 5.56. The van der Waals surface area contributed by atoms with E-state index in [1.54, 1.807) is 0 Å². The van der Waals surface area contributed by atoms with Gasteiger partial charge in [-0.2, -0.15) is 0 Å². The fraction of sp³-hybridized carbons (Fsp3) is 0.409. The lowest BCUT2D eigenvalue weighted by molar-refractivity contribution is -0.0951. The molecule has 2 fully saturated rings. The lowest BCUT2D eigenvalue weighted by atomic mass is 9.72. The number of benzene rings is 1. The van der Waals surface area contributed by atoms with Gasteiger partial charge in [-0.1, -0.05) is 12.1 Å². The van der Waals surface area contributed by atoms with Crippen molar-refractivity contribution in [3.63, 3.8) is 0 Å². The number of fused-ring (bicyclic) bond motifs is 1. The molecule has 26 heavy (non-hydrogen) atoms. The van der Waals surface area contributed by atoms with Crippen molar-refractivity contribution in [2.45, 2.75) is 25.8 Å². The van der Waals surface area contributed by atoms with Gasteiger partial charge in [0.2, 0.25) is 0 Å². The summed E-state index contributed by atoms with van der Waals surface area (Å²) < 4.78 is 7.81. The Bertz CT molecular complexity index is 904. The first-order chi connectivity index (χ1) is 12.8. The van der Waals surface area contributed by atoms with Crippen LogP contribution in [0.15, 0.2) is 55.0 Å². The zero-order valence-electron chi connectivity index (χ0n) is 15.3. The van der Waals surface area contributed by atoms with Gasteiger partial charge in [0.15, 0.2) is 0 Å². The molecule has 134 valence electrons. The van der Waals surface area contributed by atoms with Crippen LogP contribution in [0.1, 0.15) is 31.4 Å². The minimum Gasteiger partial charge on any atom is -0.381 e. The molecule has 1 spiro atoms. The van der Waals surface area contributed by atoms with Gasteiger partial charge in [0, 0.05) is 67.4 Å². The van der Waals surface area contributed by atoms with Crippen LogP contribution in [0.5, 0.6) is 0 Å². The first-order valence-electron chi connectivity index (χ1n) is 9.58. The minimum atomic E-state index is 0.445. The van der Waals surface area contributed by atoms with Crippen LogP contribution in [-0.2, 0) is 4.74 Å². The van der Waals surface area contributed by atoms with Crippen LogP contribution in [0.25, 0.3) is 16.6 Å². The number of rotatable bonds is 3. The zero-order valence-corrected chi connectivity index (χ0v) is 15.3. The van der Waals surface area contributed by atoms with E-state index < -0.39 is 0 Å². The Morgan fingerprint density at radius 2 is 1.81 bits per heavy atom. The van der Waals surface area contributed by atoms with Gasteiger partial charge in [-0.3, -0.25) is 9.88 Å². The second-order valence-electron chi connectivity index (χ2n) is 7.86. The Labute approximate surface area is 154 Å². The van der Waals surface area contributed by atoms with E-state index in [4.69, 9.17) is 4.74 Å². The summed E-state index contributed by atoms with van der Waals surface area (Å²) in [5.74, 6) is 0. The van der Waals surface area contributed by atoms with Crippen molar-refractivity contribution < 1.29 is 4.74 Å². The molecule has 2 saturated heterocycles. The van der Waals surface area contributed by atoms with E-state index in [1.807, 2.05) is 12.4 Å². The molecule has 0 radical (unpaired) electrons. The molecule has 4 heteroatoms. The van der Waals surface area contributed by atoms with Crippen molar-refractivity contribution in [1.82, 2.24) is 14.5 Å². The summed E-state index contributed by atoms with van der Waals surface area (Å²) in [6, 6.07) is 13.5. The molecule has 0 aliphatic carbocycles. The third-order valence-corrected chi connectivity index (χ3v) is 6.34. The van der Waals surface area contributed by atoms with Crippen LogP contribution in [-0.4, -0.2) is 40.8 Å². The summed E-state index contributed by atoms with van der Waals surface area (Å²) in [6.07, 6.45) is 8.31. The quantitative estimate of drug-likeness (QED) is 0.711. The second kappa shape index (κ2) is 6.22. The van der Waals surface area contributed by atoms with E-state index in [0.29, 0.717) is 11.5 Å². The summed E-state index contributed by atoms with van der Waals surface area (Å²) in [5, 5.41) is 1.35. The number of hydrogen-bond donors (Lipinski definition) is 0. The first kappa shape index (κ1) is 16.0. The molecule has 2 aromatic heterocycles. The number of ether oxygens (including phenoxy) is 1. The van der Waals surface area contributed by atoms with E-state index in [0.717, 1.165) is 18.9 Å². The predicted molar refractivity (Wildman–Crippen MR) is 104 cm³/mol. The highest BCUT2D eigenvalue weighted by Crippen LogP contribution is 2.44. The number of likely N-dealkylation sites (tertiary alicyclic amines) is 1. The zero-order chi connectivity index (χ0) is 17.6. The Morgan fingerprint density at radius 1 is 1.04 bits per heavy atom. The molecule has 3 aromatic rings. The molecule has 0 N–H and O–H groups in total. The molecule has 0 saturated carbocycles. The fourth-order valence-corrected chi connectivity index (χ4v) is 4.69. The Balaban J connectivity index is 1.44. The molecular weight excluding hydrogens is 322 g/mol. The molecule has 2 aliphatic heterocycles. The number of pyridine rings is 1. The highest BCUT2D eigenvalue weighted by Gasteiger charge is 2.45. The smallest absolute Gasteiger partial charge is 0.0531 e. The van der Waals surface area contributed by atoms with Crippen molar-refractivity contribution in [3.8, 4) is 5.69 Å². The molecule has 4 nitrogen and oxygen atoms in total. The Morgan fingerprint density at radius 3 is 2.58 bits per heavy atom. The average Bonchev–Trinajstić information content (AvgIpc) is 3.11. The van der Waals surface area contributed by atoms with Gasteiger partial charge in [0.25, 0.3) is 0 Å². The van der Waals surface area contributed by atoms with Crippen LogP contribution in [0, 0.1) is 5.41 Å². The first-order valence-corrected chi connectivity index (χ1v) is 9.58. The molecule has 0 bridgehead atoms. The minimum absolute atomic E-state index is 0.445. The monoisotopic (exact) mass is 347 g/mol. The largest absolute Gasteiger partial charge is 0.381 e. The molecule has 2 aliphatic rings. The second-order valence-corrected chi connectivity index (χ2v) is 7.86. The third-order valence-electron chi connectivity index (χ3n) is 6.34. The normalized spacial score (nSPS) is 21.0. The van der Waals surface area contributed by atoms with Crippen molar-refractivity contribution in [1.29, 1.82) is 0 Å². The lowest BCUT2D eigenvalue weighted by Crippen LogP contribution is -2.58. The average molecular weight is 347 g/mol. The maximum atomic E-state index is 5.56. The summed E-state index contributed by atoms with van der Waals surface area (Å²) in [7, 11) is 0. The third kappa shape index (κ3) is 2.56. The maximum Gasteiger partial charge on any atom is 0.0531 e. The van der Waals surface area contributed by atoms with Crippen molar-refractivity contribution in [2.75, 3.05) is 26.3 Å². The van der Waals surface area contributed by atoms with Crippen LogP contribution in [0.3, 0.4) is 0 Å². The fourth-order valence-electron chi connectivity index (χ4n) is 4.69. The number of aromatic nitrogens is 2. The molecule has 1 unspecified atom stereocenters. The molecule has 1 aromatic carbocycles. The van der Waals surface area contributed by atoms with E-state index in [9.17, 15) is 0 Å². The Hall–Kier alpha value is -2.17. The summed E-state index contributed by atoms with van der Waals surface area (Å²) >= 11 is 0. The van der Waals surface area contributed by atoms with Crippen molar-refractivity contribution in [2.24, 2.45) is 5.41 Å². The topological polar surface area (TPSA) is 30.3 Å². The summed E-state index contributed by atoms with van der Waals surface area (Å²) in [6.45, 7) is 6.64. The standard InChI is InChI=1S/C22H25N3O/c1-17(24-15-22(16-24)8-13-26-14-9-22)19-3-2-4-21-20(19)7-12-25(21)18-5-10-23-11-6-18/h2-7,10-12,17H,8-9,13-16H2,1H3. The predicted octanol–water partition coefficient (Wildman–Crippen LogP) is 4.20. The molecule has 0 amide bonds. The van der Waals surface area contributed by atoms with E-state index >= 15 is 0 Å². The van der Waals surface area contributed by atoms with E-state index in [1.165, 1.54) is 42.4 Å². The molecule has 5 rings (SSSR count). The molecular formula is C22H25N3O. The summed E-state index contributed by atoms with van der Waals surface area (Å²) in [4.78, 5) is 6.76. The van der Waals surface area contributed by atoms with Crippen molar-refractivity contribution in [3.05, 3.63) is 60.6 Å². The van der Waals surface area contributed by atoms with Crippen molar-refractivity contribution >= 4 is 10.9 Å². The van der Waals surface area contributed by atoms with Gasteiger partial charge >= 0.3 is 0 Å². The van der Waals surface area contributed by atoms with Crippen LogP contribution < -0.4 is 0 Å². The summed E-state index contributed by atoms with van der Waals surface area (Å²) in [5.41, 5.74) is 4.37. The molecule has 1 atom stereocenters. The van der Waals surface area contributed by atoms with Gasteiger partial charge in [0.1, 0.15) is 0 Å². The van der Waals surface area contributed by atoms with Gasteiger partial charge in [0.05, 0.1) is 5.52 Å². The van der Waals surface area contributed by atoms with Gasteiger partial charge in [-0.05, 0) is 49.6 Å². The Kier molecular flexibility index (Phi) is 3.84. The highest BCUT2D eigenvalue weighted by atomic mass is 16.5. The highest BCUT2D eigenvalue weighted by molar-refractivity contribution is 5.85. The van der Waals surface area contributed by atoms with E-state index in [2.05, 4.69) is 64.0 Å². The lowest BCUT2D eigenvalue weighted by Gasteiger charge is -2.54. The SMILES string of the molecule is CC(c1cccc2c1ccn2-c1ccncc1)N1CC2(CCOCC2)C1. The number of hydrogen-bond acceptors (Lipinski definition) is 3. The van der Waals surface area contributed by atoms with Crippen LogP contribution >= 0.6 is 0 Å². The number of nitrogens with zero attached hydrogens (tertiary/aromatic N) is 3. The van der Waals surface area contributed by atoms with Gasteiger partial charge < -0.3 is 9.30 Å². The molecule has 4 heterocycles. The van der Waals surface area contributed by atoms with E-state index in [-0.39, 0.29) is 0 Å². The van der Waals surface area contributed by atoms with Gasteiger partial charge in [-0.15, -0.1) is 0 Å². The van der Waals surface area contributed by atoms with Crippen LogP contribution in [0.2, 0.25) is 0 Å².